The topological polar surface area (TPSA) is 108 Å². The summed E-state index contributed by atoms with van der Waals surface area (Å²) >= 11 is 0. The zero-order valence-electron chi connectivity index (χ0n) is 12.9. The molecule has 0 spiro atoms. The maximum Gasteiger partial charge on any atom is 0.338 e. The Morgan fingerprint density at radius 3 is 2.70 bits per heavy atom. The van der Waals surface area contributed by atoms with Crippen LogP contribution >= 0.6 is 0 Å². The molecule has 23 heavy (non-hydrogen) atoms. The fourth-order valence-electron chi connectivity index (χ4n) is 2.18. The van der Waals surface area contributed by atoms with Gasteiger partial charge in [0.05, 0.1) is 17.6 Å². The number of carbonyl (C=O) groups excluding carboxylic acids is 2. The van der Waals surface area contributed by atoms with E-state index in [1.54, 1.807) is 0 Å². The van der Waals surface area contributed by atoms with Crippen LogP contribution in [0.1, 0.15) is 30.1 Å². The van der Waals surface area contributed by atoms with Gasteiger partial charge in [0.15, 0.2) is 12.4 Å². The fraction of sp³-hybridized carbons (Fsp3) is 0.467. The van der Waals surface area contributed by atoms with Crippen molar-refractivity contribution < 1.29 is 24.0 Å². The molecule has 8 nitrogen and oxygen atoms in total. The maximum absolute atomic E-state index is 11.8. The standard InChI is InChI=1S/C15H18N2O6/c1-9(10-3-4-10)16-14(18)8-23-13-6-5-11(15(19)22-2)7-12(13)17(20)21/h5-7,9-10H,3-4,8H2,1-2H3,(H,16,18)/t9-/m0/s1. The van der Waals surface area contributed by atoms with Gasteiger partial charge in [0.25, 0.3) is 5.91 Å². The number of rotatable bonds is 7. The summed E-state index contributed by atoms with van der Waals surface area (Å²) in [5, 5.41) is 13.9. The van der Waals surface area contributed by atoms with Gasteiger partial charge < -0.3 is 14.8 Å². The minimum Gasteiger partial charge on any atom is -0.477 e. The third-order valence-corrected chi connectivity index (χ3v) is 3.65. The molecule has 1 aromatic carbocycles. The van der Waals surface area contributed by atoms with Crippen molar-refractivity contribution in [3.8, 4) is 5.75 Å². The molecule has 0 aromatic heterocycles. The van der Waals surface area contributed by atoms with Crippen LogP contribution in [0, 0.1) is 16.0 Å². The van der Waals surface area contributed by atoms with Crippen LogP contribution in [0.3, 0.4) is 0 Å². The van der Waals surface area contributed by atoms with Crippen LogP contribution in [-0.2, 0) is 9.53 Å². The first-order chi connectivity index (χ1) is 10.9. The molecular formula is C15H18N2O6. The van der Waals surface area contributed by atoms with Gasteiger partial charge >= 0.3 is 11.7 Å². The summed E-state index contributed by atoms with van der Waals surface area (Å²) in [7, 11) is 1.18. The highest BCUT2D eigenvalue weighted by Gasteiger charge is 2.29. The third kappa shape index (κ3) is 4.41. The van der Waals surface area contributed by atoms with E-state index in [0.717, 1.165) is 18.9 Å². The lowest BCUT2D eigenvalue weighted by atomic mass is 10.2. The van der Waals surface area contributed by atoms with Gasteiger partial charge in [-0.1, -0.05) is 0 Å². The molecule has 1 fully saturated rings. The van der Waals surface area contributed by atoms with E-state index in [0.29, 0.717) is 5.92 Å². The normalized spacial score (nSPS) is 14.7. The quantitative estimate of drug-likeness (QED) is 0.465. The number of hydrogen-bond donors (Lipinski definition) is 1. The van der Waals surface area contributed by atoms with Crippen molar-refractivity contribution in [2.24, 2.45) is 5.92 Å². The van der Waals surface area contributed by atoms with Crippen molar-refractivity contribution in [3.63, 3.8) is 0 Å². The molecule has 1 atom stereocenters. The number of nitrogens with one attached hydrogen (secondary N) is 1. The van der Waals surface area contributed by atoms with Crippen LogP contribution in [-0.4, -0.2) is 36.6 Å². The SMILES string of the molecule is COC(=O)c1ccc(OCC(=O)N[C@@H](C)C2CC2)c([N+](=O)[O-])c1. The lowest BCUT2D eigenvalue weighted by Crippen LogP contribution is -2.37. The van der Waals surface area contributed by atoms with Gasteiger partial charge in [0, 0.05) is 12.1 Å². The summed E-state index contributed by atoms with van der Waals surface area (Å²) in [5.74, 6) is -0.587. The molecule has 1 aliphatic carbocycles. The Morgan fingerprint density at radius 1 is 1.43 bits per heavy atom. The lowest BCUT2D eigenvalue weighted by molar-refractivity contribution is -0.385. The van der Waals surface area contributed by atoms with Crippen molar-refractivity contribution >= 4 is 17.6 Å². The molecule has 0 saturated heterocycles. The summed E-state index contributed by atoms with van der Waals surface area (Å²) < 4.78 is 9.74. The van der Waals surface area contributed by atoms with Crippen molar-refractivity contribution in [3.05, 3.63) is 33.9 Å². The zero-order valence-corrected chi connectivity index (χ0v) is 12.9. The highest BCUT2D eigenvalue weighted by Crippen LogP contribution is 2.32. The second-order valence-electron chi connectivity index (χ2n) is 5.41. The molecule has 124 valence electrons. The third-order valence-electron chi connectivity index (χ3n) is 3.65. The molecule has 2 rings (SSSR count). The number of carbonyl (C=O) groups is 2. The first kappa shape index (κ1) is 16.7. The summed E-state index contributed by atoms with van der Waals surface area (Å²) in [6.45, 7) is 1.60. The molecule has 8 heteroatoms. The monoisotopic (exact) mass is 322 g/mol. The van der Waals surface area contributed by atoms with Gasteiger partial charge in [-0.25, -0.2) is 4.79 Å². The van der Waals surface area contributed by atoms with Crippen molar-refractivity contribution in [2.45, 2.75) is 25.8 Å². The molecule has 1 saturated carbocycles. The molecule has 0 radical (unpaired) electrons. The van der Waals surface area contributed by atoms with Gasteiger partial charge in [0.2, 0.25) is 0 Å². The highest BCUT2D eigenvalue weighted by molar-refractivity contribution is 5.90. The molecule has 1 aromatic rings. The second kappa shape index (κ2) is 7.08. The van der Waals surface area contributed by atoms with Crippen LogP contribution in [0.4, 0.5) is 5.69 Å². The molecule has 0 unspecified atom stereocenters. The summed E-state index contributed by atoms with van der Waals surface area (Å²) in [4.78, 5) is 33.6. The van der Waals surface area contributed by atoms with E-state index in [1.807, 2.05) is 6.92 Å². The van der Waals surface area contributed by atoms with Crippen LogP contribution < -0.4 is 10.1 Å². The van der Waals surface area contributed by atoms with Gasteiger partial charge in [-0.05, 0) is 37.8 Å². The van der Waals surface area contributed by atoms with Gasteiger partial charge in [0.1, 0.15) is 0 Å². The Morgan fingerprint density at radius 2 is 2.13 bits per heavy atom. The molecule has 0 bridgehead atoms. The Hall–Kier alpha value is -2.64. The number of nitrogens with zero attached hydrogens (tertiary/aromatic N) is 1. The molecule has 1 amide bonds. The van der Waals surface area contributed by atoms with Crippen LogP contribution in [0.5, 0.6) is 5.75 Å². The van der Waals surface area contributed by atoms with Crippen molar-refractivity contribution in [1.82, 2.24) is 5.32 Å². The number of benzene rings is 1. The molecule has 0 aliphatic heterocycles. The minimum absolute atomic E-state index is 0.0401. The highest BCUT2D eigenvalue weighted by atomic mass is 16.6. The van der Waals surface area contributed by atoms with Crippen LogP contribution in [0.25, 0.3) is 0 Å². The number of amides is 1. The number of nitro groups is 1. The lowest BCUT2D eigenvalue weighted by Gasteiger charge is -2.13. The molecule has 0 heterocycles. The average Bonchev–Trinajstić information content (AvgIpc) is 3.36. The summed E-state index contributed by atoms with van der Waals surface area (Å²) in [6.07, 6.45) is 2.20. The number of ether oxygens (including phenoxy) is 2. The zero-order chi connectivity index (χ0) is 17.0. The molecular weight excluding hydrogens is 304 g/mol. The Labute approximate surface area is 132 Å². The average molecular weight is 322 g/mol. The van der Waals surface area contributed by atoms with Gasteiger partial charge in [-0.15, -0.1) is 0 Å². The van der Waals surface area contributed by atoms with Crippen molar-refractivity contribution in [2.75, 3.05) is 13.7 Å². The van der Waals surface area contributed by atoms with E-state index in [2.05, 4.69) is 10.1 Å². The van der Waals surface area contributed by atoms with Gasteiger partial charge in [-0.3, -0.25) is 14.9 Å². The first-order valence-corrected chi connectivity index (χ1v) is 7.21. The van der Waals surface area contributed by atoms with Crippen LogP contribution in [0.15, 0.2) is 18.2 Å². The number of methoxy groups -OCH3 is 1. The smallest absolute Gasteiger partial charge is 0.338 e. The second-order valence-corrected chi connectivity index (χ2v) is 5.41. The molecule has 1 N–H and O–H groups in total. The maximum atomic E-state index is 11.8. The minimum atomic E-state index is -0.685. The Bertz CT molecular complexity index is 626. The first-order valence-electron chi connectivity index (χ1n) is 7.21. The van der Waals surface area contributed by atoms with E-state index < -0.39 is 16.6 Å². The summed E-state index contributed by atoms with van der Waals surface area (Å²) in [6, 6.07) is 3.76. The number of nitro benzene ring substituents is 1. The fourth-order valence-corrected chi connectivity index (χ4v) is 2.18. The predicted molar refractivity (Wildman–Crippen MR) is 80.3 cm³/mol. The van der Waals surface area contributed by atoms with E-state index in [1.165, 1.54) is 19.2 Å². The van der Waals surface area contributed by atoms with E-state index >= 15 is 0 Å². The Balaban J connectivity index is 2.02. The van der Waals surface area contributed by atoms with E-state index in [9.17, 15) is 19.7 Å². The number of hydrogen-bond acceptors (Lipinski definition) is 6. The molecule has 1 aliphatic rings. The Kier molecular flexibility index (Phi) is 5.15. The van der Waals surface area contributed by atoms with Crippen LogP contribution in [0.2, 0.25) is 0 Å². The summed E-state index contributed by atoms with van der Waals surface area (Å²) in [5.41, 5.74) is -0.353. The van der Waals surface area contributed by atoms with Gasteiger partial charge in [-0.2, -0.15) is 0 Å². The van der Waals surface area contributed by atoms with E-state index in [4.69, 9.17) is 4.74 Å². The number of esters is 1. The van der Waals surface area contributed by atoms with E-state index in [-0.39, 0.29) is 29.9 Å². The van der Waals surface area contributed by atoms with Crippen molar-refractivity contribution in [1.29, 1.82) is 0 Å². The predicted octanol–water partition coefficient (Wildman–Crippen LogP) is 1.67. The largest absolute Gasteiger partial charge is 0.477 e.